The Balaban J connectivity index is 2.00. The third kappa shape index (κ3) is 4.97. The quantitative estimate of drug-likeness (QED) is 0.525. The van der Waals surface area contributed by atoms with E-state index in [0.717, 1.165) is 10.2 Å². The average Bonchev–Trinajstić information content (AvgIpc) is 2.89. The smallest absolute Gasteiger partial charge is 0.316 e. The van der Waals surface area contributed by atoms with Gasteiger partial charge in [-0.25, -0.2) is 0 Å². The van der Waals surface area contributed by atoms with Crippen LogP contribution in [0.15, 0.2) is 33.9 Å². The van der Waals surface area contributed by atoms with Crippen LogP contribution in [0.25, 0.3) is 0 Å². The van der Waals surface area contributed by atoms with E-state index in [2.05, 4.69) is 26.1 Å². The largest absolute Gasteiger partial charge is 0.483 e. The third-order valence-corrected chi connectivity index (χ3v) is 4.51. The predicted octanol–water partition coefficient (Wildman–Crippen LogP) is 3.37. The molecule has 23 heavy (non-hydrogen) atoms. The van der Waals surface area contributed by atoms with E-state index in [1.54, 1.807) is 6.92 Å². The molecule has 0 aliphatic rings. The molecule has 2 aromatic rings. The van der Waals surface area contributed by atoms with Crippen molar-refractivity contribution in [2.45, 2.75) is 25.1 Å². The van der Waals surface area contributed by atoms with Gasteiger partial charge in [-0.15, -0.1) is 10.2 Å². The van der Waals surface area contributed by atoms with Gasteiger partial charge in [0.05, 0.1) is 12.4 Å². The maximum absolute atomic E-state index is 11.4. The molecule has 2 rings (SSSR count). The monoisotopic (exact) mass is 399 g/mol. The molecule has 124 valence electrons. The molecule has 8 heteroatoms. The molecule has 0 amide bonds. The molecule has 0 bridgehead atoms. The Morgan fingerprint density at radius 3 is 2.70 bits per heavy atom. The number of rotatable bonds is 7. The number of carbonyl (C=O) groups is 1. The minimum absolute atomic E-state index is 0.210. The first-order valence-corrected chi connectivity index (χ1v) is 8.89. The van der Waals surface area contributed by atoms with E-state index in [0.29, 0.717) is 17.6 Å². The highest BCUT2D eigenvalue weighted by Gasteiger charge is 2.18. The molecule has 0 aliphatic heterocycles. The zero-order chi connectivity index (χ0) is 16.8. The van der Waals surface area contributed by atoms with Crippen molar-refractivity contribution in [3.8, 4) is 5.75 Å². The van der Waals surface area contributed by atoms with Crippen molar-refractivity contribution in [1.29, 1.82) is 0 Å². The van der Waals surface area contributed by atoms with Gasteiger partial charge < -0.3 is 14.0 Å². The fraction of sp³-hybridized carbons (Fsp3) is 0.400. The van der Waals surface area contributed by atoms with Gasteiger partial charge in [0, 0.05) is 11.5 Å². The predicted molar refractivity (Wildman–Crippen MR) is 91.5 cm³/mol. The molecule has 0 saturated carbocycles. The Morgan fingerprint density at radius 2 is 2.04 bits per heavy atom. The number of aromatic nitrogens is 3. The fourth-order valence-electron chi connectivity index (χ4n) is 1.90. The second-order valence-corrected chi connectivity index (χ2v) is 6.57. The first-order valence-electron chi connectivity index (χ1n) is 7.11. The summed E-state index contributed by atoms with van der Waals surface area (Å²) in [5, 5.41) is 8.92. The minimum atomic E-state index is -0.263. The van der Waals surface area contributed by atoms with Crippen LogP contribution in [0.1, 0.15) is 25.8 Å². The molecule has 1 atom stereocenters. The normalized spacial score (nSPS) is 12.0. The van der Waals surface area contributed by atoms with Crippen LogP contribution in [0.3, 0.4) is 0 Å². The van der Waals surface area contributed by atoms with Crippen molar-refractivity contribution in [2.24, 2.45) is 7.05 Å². The molecule has 0 saturated heterocycles. The lowest BCUT2D eigenvalue weighted by Crippen LogP contribution is -2.11. The van der Waals surface area contributed by atoms with Crippen LogP contribution in [-0.2, 0) is 16.6 Å². The second-order valence-electron chi connectivity index (χ2n) is 4.71. The molecule has 0 radical (unpaired) electrons. The first kappa shape index (κ1) is 17.8. The molecule has 1 aromatic carbocycles. The summed E-state index contributed by atoms with van der Waals surface area (Å²) in [4.78, 5) is 11.4. The Morgan fingerprint density at radius 1 is 1.35 bits per heavy atom. The zero-order valence-corrected chi connectivity index (χ0v) is 15.6. The number of hydrogen-bond donors (Lipinski definition) is 0. The van der Waals surface area contributed by atoms with Gasteiger partial charge in [0.15, 0.2) is 17.1 Å². The number of halogens is 1. The third-order valence-electron chi connectivity index (χ3n) is 2.98. The summed E-state index contributed by atoms with van der Waals surface area (Å²) in [7, 11) is 1.85. The van der Waals surface area contributed by atoms with Crippen molar-refractivity contribution in [2.75, 3.05) is 12.4 Å². The minimum Gasteiger partial charge on any atom is -0.483 e. The zero-order valence-electron chi connectivity index (χ0n) is 13.2. The van der Waals surface area contributed by atoms with Gasteiger partial charge in [0.2, 0.25) is 0 Å². The van der Waals surface area contributed by atoms with E-state index in [1.165, 1.54) is 11.8 Å². The van der Waals surface area contributed by atoms with Crippen LogP contribution < -0.4 is 4.74 Å². The number of carbonyl (C=O) groups excluding carboxylic acids is 1. The summed E-state index contributed by atoms with van der Waals surface area (Å²) >= 11 is 4.68. The topological polar surface area (TPSA) is 66.2 Å². The highest BCUT2D eigenvalue weighted by atomic mass is 79.9. The molecule has 0 aliphatic carbocycles. The molecule has 1 unspecified atom stereocenters. The van der Waals surface area contributed by atoms with E-state index in [1.807, 2.05) is 42.8 Å². The van der Waals surface area contributed by atoms with Crippen LogP contribution in [0, 0.1) is 0 Å². The van der Waals surface area contributed by atoms with Gasteiger partial charge in [-0.1, -0.05) is 27.7 Å². The molecule has 6 nitrogen and oxygen atoms in total. The Labute approximate surface area is 147 Å². The van der Waals surface area contributed by atoms with Crippen molar-refractivity contribution in [3.05, 3.63) is 34.6 Å². The molecular weight excluding hydrogens is 382 g/mol. The lowest BCUT2D eigenvalue weighted by Gasteiger charge is -2.14. The molecule has 0 spiro atoms. The maximum atomic E-state index is 11.4. The summed E-state index contributed by atoms with van der Waals surface area (Å²) < 4.78 is 13.6. The van der Waals surface area contributed by atoms with Crippen LogP contribution in [0.5, 0.6) is 5.75 Å². The van der Waals surface area contributed by atoms with Gasteiger partial charge in [-0.3, -0.25) is 4.79 Å². The SMILES string of the molecule is CCOC(=O)CSc1nnc(C(C)Oc2ccc(Br)cc2)n1C. The number of hydrogen-bond acceptors (Lipinski definition) is 6. The number of ether oxygens (including phenoxy) is 2. The summed E-state index contributed by atoms with van der Waals surface area (Å²) in [5.41, 5.74) is 0. The number of esters is 1. The van der Waals surface area contributed by atoms with Gasteiger partial charge >= 0.3 is 5.97 Å². The molecular formula is C15H18BrN3O3S. The van der Waals surface area contributed by atoms with E-state index < -0.39 is 0 Å². The molecule has 0 fully saturated rings. The average molecular weight is 400 g/mol. The van der Waals surface area contributed by atoms with Crippen molar-refractivity contribution >= 4 is 33.7 Å². The molecule has 1 aromatic heterocycles. The lowest BCUT2D eigenvalue weighted by molar-refractivity contribution is -0.139. The van der Waals surface area contributed by atoms with Crippen LogP contribution in [0.2, 0.25) is 0 Å². The maximum Gasteiger partial charge on any atom is 0.316 e. The number of thioether (sulfide) groups is 1. The van der Waals surface area contributed by atoms with Gasteiger partial charge in [-0.05, 0) is 38.1 Å². The number of nitrogens with zero attached hydrogens (tertiary/aromatic N) is 3. The fourth-order valence-corrected chi connectivity index (χ4v) is 2.88. The highest BCUT2D eigenvalue weighted by molar-refractivity contribution is 9.10. The van der Waals surface area contributed by atoms with Crippen LogP contribution >= 0.6 is 27.7 Å². The summed E-state index contributed by atoms with van der Waals surface area (Å²) in [6.45, 7) is 4.07. The molecule has 1 heterocycles. The summed E-state index contributed by atoms with van der Waals surface area (Å²) in [6, 6.07) is 7.60. The lowest BCUT2D eigenvalue weighted by atomic mass is 10.3. The van der Waals surface area contributed by atoms with Crippen LogP contribution in [0.4, 0.5) is 0 Å². The highest BCUT2D eigenvalue weighted by Crippen LogP contribution is 2.24. The Hall–Kier alpha value is -1.54. The van der Waals surface area contributed by atoms with E-state index in [4.69, 9.17) is 9.47 Å². The van der Waals surface area contributed by atoms with Gasteiger partial charge in [0.1, 0.15) is 5.75 Å². The number of benzene rings is 1. The summed E-state index contributed by atoms with van der Waals surface area (Å²) in [5.74, 6) is 1.40. The van der Waals surface area contributed by atoms with E-state index in [-0.39, 0.29) is 17.8 Å². The summed E-state index contributed by atoms with van der Waals surface area (Å²) in [6.07, 6.45) is -0.259. The van der Waals surface area contributed by atoms with E-state index >= 15 is 0 Å². The van der Waals surface area contributed by atoms with E-state index in [9.17, 15) is 4.79 Å². The second kappa shape index (κ2) is 8.35. The van der Waals surface area contributed by atoms with Crippen molar-refractivity contribution < 1.29 is 14.3 Å². The Kier molecular flexibility index (Phi) is 6.47. The standard InChI is InChI=1S/C15H18BrN3O3S/c1-4-21-13(20)9-23-15-18-17-14(19(15)3)10(2)22-12-7-5-11(16)6-8-12/h5-8,10H,4,9H2,1-3H3. The van der Waals surface area contributed by atoms with Crippen LogP contribution in [-0.4, -0.2) is 33.1 Å². The first-order chi connectivity index (χ1) is 11.0. The molecule has 0 N–H and O–H groups in total. The van der Waals surface area contributed by atoms with Gasteiger partial charge in [0.25, 0.3) is 0 Å². The Bertz CT molecular complexity index is 660. The van der Waals surface area contributed by atoms with Crippen molar-refractivity contribution in [1.82, 2.24) is 14.8 Å². The van der Waals surface area contributed by atoms with Crippen molar-refractivity contribution in [3.63, 3.8) is 0 Å². The van der Waals surface area contributed by atoms with Gasteiger partial charge in [-0.2, -0.15) is 0 Å².